The summed E-state index contributed by atoms with van der Waals surface area (Å²) in [5.74, 6) is 1.14. The van der Waals surface area contributed by atoms with Crippen LogP contribution in [-0.4, -0.2) is 76.7 Å². The Kier molecular flexibility index (Phi) is 13.4. The number of carbonyl (C=O) groups is 1. The highest BCUT2D eigenvalue weighted by atomic mass is 19.0. The molecule has 54 heavy (non-hydrogen) atoms. The van der Waals surface area contributed by atoms with Crippen LogP contribution in [0.2, 0.25) is 0 Å². The molecule has 0 spiro atoms. The molecule has 3 fully saturated rings. The van der Waals surface area contributed by atoms with Gasteiger partial charge in [0.15, 0.2) is 0 Å². The minimum absolute atomic E-state index is 0. The maximum absolute atomic E-state index is 12.9. The molecule has 3 saturated heterocycles. The van der Waals surface area contributed by atoms with Crippen molar-refractivity contribution in [2.45, 2.75) is 44.2 Å². The second kappa shape index (κ2) is 18.2. The summed E-state index contributed by atoms with van der Waals surface area (Å²) in [5.41, 5.74) is 5.59. The molecule has 0 saturated carbocycles. The lowest BCUT2D eigenvalue weighted by atomic mass is 9.82. The van der Waals surface area contributed by atoms with E-state index in [0.29, 0.717) is 42.1 Å². The van der Waals surface area contributed by atoms with Gasteiger partial charge in [0.1, 0.15) is 11.5 Å². The molecule has 4 aromatic carbocycles. The number of aromatic amines is 1. The van der Waals surface area contributed by atoms with E-state index in [0.717, 1.165) is 85.4 Å². The SMILES string of the molecule is F.F.O=C(O)N(c1cc(CCCOc2ccc(CCNC[C@H](O)c3ccc(O)c4[nH]c(=O)ccc34)cc2)ccc1-c1ccccc1)C1CN2CCC1CC2. The van der Waals surface area contributed by atoms with Crippen molar-refractivity contribution in [3.05, 3.63) is 124 Å². The third-order valence-corrected chi connectivity index (χ3v) is 10.6. The normalized spacial score (nSPS) is 18.0. The fourth-order valence-corrected chi connectivity index (χ4v) is 7.79. The number of pyridine rings is 1. The van der Waals surface area contributed by atoms with Crippen LogP contribution in [0.3, 0.4) is 0 Å². The number of nitrogens with zero attached hydrogens (tertiary/aromatic N) is 2. The van der Waals surface area contributed by atoms with Crippen LogP contribution < -0.4 is 20.5 Å². The molecule has 1 unspecified atom stereocenters. The number of ether oxygens (including phenoxy) is 1. The molecule has 5 aromatic rings. The van der Waals surface area contributed by atoms with E-state index in [2.05, 4.69) is 33.4 Å². The first-order chi connectivity index (χ1) is 25.3. The number of aryl methyl sites for hydroxylation is 1. The minimum Gasteiger partial charge on any atom is -0.506 e. The van der Waals surface area contributed by atoms with E-state index < -0.39 is 12.2 Å². The third kappa shape index (κ3) is 9.07. The van der Waals surface area contributed by atoms with Crippen LogP contribution in [0, 0.1) is 5.92 Å². The number of piperidine rings is 3. The molecule has 3 aliphatic rings. The van der Waals surface area contributed by atoms with Crippen molar-refractivity contribution in [3.63, 3.8) is 0 Å². The topological polar surface area (TPSA) is 138 Å². The van der Waals surface area contributed by atoms with Gasteiger partial charge in [-0.1, -0.05) is 60.7 Å². The molecule has 286 valence electrons. The lowest BCUT2D eigenvalue weighted by Crippen LogP contribution is -2.59. The Balaban J connectivity index is 0.00000280. The van der Waals surface area contributed by atoms with Gasteiger partial charge in [0, 0.05) is 30.1 Å². The first kappa shape index (κ1) is 39.9. The molecule has 4 heterocycles. The lowest BCUT2D eigenvalue weighted by Gasteiger charge is -2.48. The van der Waals surface area contributed by atoms with E-state index in [-0.39, 0.29) is 26.8 Å². The molecule has 2 atom stereocenters. The van der Waals surface area contributed by atoms with E-state index in [1.165, 1.54) is 12.1 Å². The molecular weight excluding hydrogens is 694 g/mol. The zero-order chi connectivity index (χ0) is 36.0. The minimum atomic E-state index is -0.893. The van der Waals surface area contributed by atoms with Crippen molar-refractivity contribution < 1.29 is 34.3 Å². The first-order valence-corrected chi connectivity index (χ1v) is 18.2. The molecule has 0 radical (unpaired) electrons. The summed E-state index contributed by atoms with van der Waals surface area (Å²) in [5, 5.41) is 35.4. The Hall–Kier alpha value is -5.30. The number of nitrogens with one attached hydrogen (secondary N) is 2. The number of anilines is 1. The summed E-state index contributed by atoms with van der Waals surface area (Å²) >= 11 is 0. The predicted octanol–water partition coefficient (Wildman–Crippen LogP) is 6.66. The van der Waals surface area contributed by atoms with E-state index in [4.69, 9.17) is 4.74 Å². The van der Waals surface area contributed by atoms with Crippen LogP contribution in [-0.2, 0) is 12.8 Å². The third-order valence-electron chi connectivity index (χ3n) is 10.6. The second-order valence-electron chi connectivity index (χ2n) is 13.9. The van der Waals surface area contributed by atoms with E-state index in [9.17, 15) is 24.9 Å². The highest BCUT2D eigenvalue weighted by molar-refractivity contribution is 5.94. The number of benzene rings is 4. The summed E-state index contributed by atoms with van der Waals surface area (Å²) in [6.07, 6.45) is 2.71. The molecular formula is C42H48F2N4O6. The number of fused-ring (bicyclic) bond motifs is 4. The van der Waals surface area contributed by atoms with Gasteiger partial charge in [0.05, 0.1) is 30.0 Å². The number of aliphatic hydroxyl groups excluding tert-OH is 1. The van der Waals surface area contributed by atoms with Crippen molar-refractivity contribution in [2.24, 2.45) is 5.92 Å². The number of phenolic OH excluding ortho intramolecular Hbond substituents is 1. The van der Waals surface area contributed by atoms with Crippen LogP contribution in [0.4, 0.5) is 19.9 Å². The number of rotatable bonds is 14. The smallest absolute Gasteiger partial charge is 0.412 e. The van der Waals surface area contributed by atoms with Crippen molar-refractivity contribution in [3.8, 4) is 22.6 Å². The molecule has 1 aromatic heterocycles. The van der Waals surface area contributed by atoms with Gasteiger partial charge in [-0.3, -0.25) is 19.1 Å². The molecule has 0 aliphatic carbocycles. The number of halogens is 2. The molecule has 2 bridgehead atoms. The summed E-state index contributed by atoms with van der Waals surface area (Å²) in [6, 6.07) is 30.4. The van der Waals surface area contributed by atoms with E-state index in [1.54, 1.807) is 17.0 Å². The predicted molar refractivity (Wildman–Crippen MR) is 208 cm³/mol. The van der Waals surface area contributed by atoms with E-state index >= 15 is 0 Å². The first-order valence-electron chi connectivity index (χ1n) is 18.2. The highest BCUT2D eigenvalue weighted by Crippen LogP contribution is 2.39. The van der Waals surface area contributed by atoms with Crippen LogP contribution >= 0.6 is 0 Å². The van der Waals surface area contributed by atoms with Gasteiger partial charge < -0.3 is 35.3 Å². The second-order valence-corrected chi connectivity index (χ2v) is 13.9. The summed E-state index contributed by atoms with van der Waals surface area (Å²) in [6.45, 7) is 4.41. The molecule has 8 rings (SSSR count). The summed E-state index contributed by atoms with van der Waals surface area (Å²) in [7, 11) is 0. The average Bonchev–Trinajstić information content (AvgIpc) is 3.17. The van der Waals surface area contributed by atoms with Crippen LogP contribution in [0.25, 0.3) is 22.0 Å². The molecule has 12 heteroatoms. The number of phenols is 1. The average molecular weight is 743 g/mol. The molecule has 5 N–H and O–H groups in total. The number of aromatic nitrogens is 1. The Morgan fingerprint density at radius 3 is 2.37 bits per heavy atom. The fourth-order valence-electron chi connectivity index (χ4n) is 7.79. The van der Waals surface area contributed by atoms with Crippen molar-refractivity contribution in [2.75, 3.05) is 44.2 Å². The molecule has 1 amide bonds. The highest BCUT2D eigenvalue weighted by Gasteiger charge is 2.40. The molecule has 10 nitrogen and oxygen atoms in total. The Bertz CT molecular complexity index is 2050. The number of hydrogen-bond donors (Lipinski definition) is 5. The largest absolute Gasteiger partial charge is 0.506 e. The van der Waals surface area contributed by atoms with Crippen molar-refractivity contribution in [1.82, 2.24) is 15.2 Å². The number of aliphatic hydroxyl groups is 1. The maximum Gasteiger partial charge on any atom is 0.412 e. The van der Waals surface area contributed by atoms with Gasteiger partial charge in [-0.15, -0.1) is 0 Å². The number of amides is 1. The van der Waals surface area contributed by atoms with Crippen molar-refractivity contribution >= 4 is 22.7 Å². The Morgan fingerprint density at radius 2 is 1.67 bits per heavy atom. The quantitative estimate of drug-likeness (QED) is 0.0797. The fraction of sp³-hybridized carbons (Fsp3) is 0.333. The summed E-state index contributed by atoms with van der Waals surface area (Å²) in [4.78, 5) is 31.2. The van der Waals surface area contributed by atoms with Crippen molar-refractivity contribution in [1.29, 1.82) is 0 Å². The zero-order valence-electron chi connectivity index (χ0n) is 30.0. The number of H-pyrrole nitrogens is 1. The standard InChI is InChI=1S/C42H46N4O6.2FH/c47-38-16-14-34(35-15-17-40(49)44-41(35)38)39(48)26-43-21-18-28-8-11-32(12-9-28)52-24-4-5-29-10-13-33(30-6-2-1-3-7-30)36(25-29)46(42(50)51)37-27-45-22-19-31(37)20-23-45;;/h1-3,6-17,25,31,37,39,43,47-48H,4-5,18-24,26-27H2,(H,44,49)(H,50,51);2*1H/t37?,39-;;/m0../s1. The zero-order valence-corrected chi connectivity index (χ0v) is 30.0. The van der Waals surface area contributed by atoms with E-state index in [1.807, 2.05) is 54.6 Å². The van der Waals surface area contributed by atoms with Gasteiger partial charge in [-0.2, -0.15) is 0 Å². The number of hydrogen-bond acceptors (Lipinski definition) is 7. The number of carboxylic acid groups (broad SMARTS) is 1. The Labute approximate surface area is 312 Å². The van der Waals surface area contributed by atoms with Gasteiger partial charge in [0.2, 0.25) is 5.56 Å². The van der Waals surface area contributed by atoms with Gasteiger partial charge in [0.25, 0.3) is 0 Å². The molecule has 3 aliphatic heterocycles. The Morgan fingerprint density at radius 1 is 0.926 bits per heavy atom. The van der Waals surface area contributed by atoms with Crippen LogP contribution in [0.5, 0.6) is 11.5 Å². The van der Waals surface area contributed by atoms with Gasteiger partial charge >= 0.3 is 6.09 Å². The summed E-state index contributed by atoms with van der Waals surface area (Å²) < 4.78 is 6.08. The van der Waals surface area contributed by atoms with Gasteiger partial charge in [-0.25, -0.2) is 4.79 Å². The number of aromatic hydroxyl groups is 1. The monoisotopic (exact) mass is 742 g/mol. The van der Waals surface area contributed by atoms with Crippen LogP contribution in [0.15, 0.2) is 102 Å². The lowest BCUT2D eigenvalue weighted by molar-refractivity contribution is 0.0837. The maximum atomic E-state index is 12.9. The van der Waals surface area contributed by atoms with Crippen LogP contribution in [0.1, 0.15) is 42.1 Å². The van der Waals surface area contributed by atoms with Gasteiger partial charge in [-0.05, 0) is 110 Å².